The molecule has 2 nitrogen and oxygen atoms in total. The molecule has 0 radical (unpaired) electrons. The summed E-state index contributed by atoms with van der Waals surface area (Å²) in [5.41, 5.74) is 5.85. The monoisotopic (exact) mass is 137 g/mol. The Morgan fingerprint density at radius 2 is 2.50 bits per heavy atom. The van der Waals surface area contributed by atoms with Gasteiger partial charge in [-0.05, 0) is 6.42 Å². The minimum Gasteiger partial charge on any atom is -0.366 e. The van der Waals surface area contributed by atoms with Gasteiger partial charge in [0.1, 0.15) is 0 Å². The van der Waals surface area contributed by atoms with Gasteiger partial charge in [-0.25, -0.2) is 0 Å². The average Bonchev–Trinajstić information content (AvgIpc) is 1.88. The van der Waals surface area contributed by atoms with E-state index in [1.165, 1.54) is 0 Å². The molecule has 0 saturated heterocycles. The SMILES string of the molecule is CC1C=CCC=C1C(N)=O. The molecule has 2 N–H and O–H groups in total. The zero-order chi connectivity index (χ0) is 7.56. The summed E-state index contributed by atoms with van der Waals surface area (Å²) in [6.45, 7) is 1.96. The molecular formula is C8H11NO. The Morgan fingerprint density at radius 1 is 1.80 bits per heavy atom. The van der Waals surface area contributed by atoms with Gasteiger partial charge in [0.25, 0.3) is 0 Å². The first-order valence-corrected chi connectivity index (χ1v) is 3.38. The first-order chi connectivity index (χ1) is 4.72. The molecule has 0 aromatic carbocycles. The molecule has 1 rings (SSSR count). The third-order valence-corrected chi connectivity index (χ3v) is 1.67. The second kappa shape index (κ2) is 2.69. The summed E-state index contributed by atoms with van der Waals surface area (Å²) < 4.78 is 0. The number of hydrogen-bond donors (Lipinski definition) is 1. The molecule has 1 aliphatic carbocycles. The van der Waals surface area contributed by atoms with Gasteiger partial charge in [0.2, 0.25) is 5.91 Å². The van der Waals surface area contributed by atoms with E-state index < -0.39 is 0 Å². The van der Waals surface area contributed by atoms with Crippen LogP contribution in [-0.4, -0.2) is 5.91 Å². The van der Waals surface area contributed by atoms with Crippen molar-refractivity contribution in [2.24, 2.45) is 11.7 Å². The Labute approximate surface area is 60.4 Å². The first-order valence-electron chi connectivity index (χ1n) is 3.38. The maximum absolute atomic E-state index is 10.7. The van der Waals surface area contributed by atoms with Crippen LogP contribution < -0.4 is 5.73 Å². The van der Waals surface area contributed by atoms with E-state index in [9.17, 15) is 4.79 Å². The molecule has 10 heavy (non-hydrogen) atoms. The quantitative estimate of drug-likeness (QED) is 0.538. The summed E-state index contributed by atoms with van der Waals surface area (Å²) in [4.78, 5) is 10.7. The standard InChI is InChI=1S/C8H11NO/c1-6-4-2-3-5-7(6)8(9)10/h2,4-6H,3H2,1H3,(H2,9,10). The van der Waals surface area contributed by atoms with Gasteiger partial charge in [-0.1, -0.05) is 25.2 Å². The lowest BCUT2D eigenvalue weighted by Gasteiger charge is -2.11. The Balaban J connectivity index is 2.76. The molecule has 0 heterocycles. The molecule has 0 aromatic heterocycles. The normalized spacial score (nSPS) is 24.1. The van der Waals surface area contributed by atoms with Crippen molar-refractivity contribution in [3.8, 4) is 0 Å². The number of carbonyl (C=O) groups is 1. The zero-order valence-corrected chi connectivity index (χ0v) is 6.00. The van der Waals surface area contributed by atoms with E-state index in [1.54, 1.807) is 0 Å². The highest BCUT2D eigenvalue weighted by Crippen LogP contribution is 2.16. The van der Waals surface area contributed by atoms with E-state index in [1.807, 2.05) is 25.2 Å². The zero-order valence-electron chi connectivity index (χ0n) is 6.00. The number of carbonyl (C=O) groups excluding carboxylic acids is 1. The summed E-state index contributed by atoms with van der Waals surface area (Å²) in [5.74, 6) is -0.0944. The highest BCUT2D eigenvalue weighted by Gasteiger charge is 2.12. The summed E-state index contributed by atoms with van der Waals surface area (Å²) in [7, 11) is 0. The van der Waals surface area contributed by atoms with Crippen LogP contribution in [0.25, 0.3) is 0 Å². The van der Waals surface area contributed by atoms with Crippen LogP contribution in [0.15, 0.2) is 23.8 Å². The van der Waals surface area contributed by atoms with E-state index in [4.69, 9.17) is 5.73 Å². The van der Waals surface area contributed by atoms with Crippen molar-refractivity contribution in [3.63, 3.8) is 0 Å². The molecule has 0 bridgehead atoms. The fourth-order valence-corrected chi connectivity index (χ4v) is 1.09. The largest absolute Gasteiger partial charge is 0.366 e. The maximum Gasteiger partial charge on any atom is 0.244 e. The lowest BCUT2D eigenvalue weighted by Crippen LogP contribution is -2.19. The fraction of sp³-hybridized carbons (Fsp3) is 0.375. The lowest BCUT2D eigenvalue weighted by molar-refractivity contribution is -0.114. The smallest absolute Gasteiger partial charge is 0.244 e. The molecule has 2 heteroatoms. The minimum absolute atomic E-state index is 0.200. The summed E-state index contributed by atoms with van der Waals surface area (Å²) in [6.07, 6.45) is 6.76. The molecule has 1 unspecified atom stereocenters. The van der Waals surface area contributed by atoms with Crippen molar-refractivity contribution in [1.82, 2.24) is 0 Å². The summed E-state index contributed by atoms with van der Waals surface area (Å²) in [6, 6.07) is 0. The van der Waals surface area contributed by atoms with Crippen molar-refractivity contribution >= 4 is 5.91 Å². The highest BCUT2D eigenvalue weighted by atomic mass is 16.1. The van der Waals surface area contributed by atoms with E-state index >= 15 is 0 Å². The van der Waals surface area contributed by atoms with Crippen LogP contribution in [0.5, 0.6) is 0 Å². The van der Waals surface area contributed by atoms with Crippen molar-refractivity contribution < 1.29 is 4.79 Å². The summed E-state index contributed by atoms with van der Waals surface area (Å²) in [5, 5.41) is 0. The Hall–Kier alpha value is -1.05. The van der Waals surface area contributed by atoms with Gasteiger partial charge in [-0.15, -0.1) is 0 Å². The van der Waals surface area contributed by atoms with E-state index in [-0.39, 0.29) is 11.8 Å². The predicted molar refractivity (Wildman–Crippen MR) is 40.2 cm³/mol. The molecule has 0 aromatic rings. The lowest BCUT2D eigenvalue weighted by atomic mass is 9.95. The second-order valence-electron chi connectivity index (χ2n) is 2.48. The number of hydrogen-bond acceptors (Lipinski definition) is 1. The first kappa shape index (κ1) is 7.06. The van der Waals surface area contributed by atoms with Crippen LogP contribution in [0.1, 0.15) is 13.3 Å². The molecule has 0 aliphatic heterocycles. The van der Waals surface area contributed by atoms with Gasteiger partial charge < -0.3 is 5.73 Å². The third kappa shape index (κ3) is 1.26. The molecule has 1 atom stereocenters. The molecule has 54 valence electrons. The van der Waals surface area contributed by atoms with Crippen molar-refractivity contribution in [2.45, 2.75) is 13.3 Å². The molecule has 0 fully saturated rings. The van der Waals surface area contributed by atoms with Crippen LogP contribution >= 0.6 is 0 Å². The molecule has 1 aliphatic rings. The van der Waals surface area contributed by atoms with E-state index in [2.05, 4.69) is 0 Å². The number of nitrogens with two attached hydrogens (primary N) is 1. The Bertz CT molecular complexity index is 203. The molecule has 1 amide bonds. The van der Waals surface area contributed by atoms with E-state index in [0.717, 1.165) is 12.0 Å². The van der Waals surface area contributed by atoms with Gasteiger partial charge >= 0.3 is 0 Å². The van der Waals surface area contributed by atoms with Gasteiger partial charge in [0.05, 0.1) is 0 Å². The molecule has 0 spiro atoms. The predicted octanol–water partition coefficient (Wildman–Crippen LogP) is 0.994. The molecular weight excluding hydrogens is 126 g/mol. The number of rotatable bonds is 1. The topological polar surface area (TPSA) is 43.1 Å². The van der Waals surface area contributed by atoms with Crippen LogP contribution in [0.2, 0.25) is 0 Å². The van der Waals surface area contributed by atoms with Crippen LogP contribution in [0.4, 0.5) is 0 Å². The van der Waals surface area contributed by atoms with Crippen molar-refractivity contribution in [2.75, 3.05) is 0 Å². The number of allylic oxidation sites excluding steroid dienone is 3. The maximum atomic E-state index is 10.7. The number of primary amides is 1. The molecule has 0 saturated carbocycles. The number of amides is 1. The Kier molecular flexibility index (Phi) is 1.90. The van der Waals surface area contributed by atoms with E-state index in [0.29, 0.717) is 0 Å². The Morgan fingerprint density at radius 3 is 2.90 bits per heavy atom. The van der Waals surface area contributed by atoms with Crippen molar-refractivity contribution in [1.29, 1.82) is 0 Å². The summed E-state index contributed by atoms with van der Waals surface area (Å²) >= 11 is 0. The third-order valence-electron chi connectivity index (χ3n) is 1.67. The highest BCUT2D eigenvalue weighted by molar-refractivity contribution is 5.92. The van der Waals surface area contributed by atoms with Crippen LogP contribution in [-0.2, 0) is 4.79 Å². The van der Waals surface area contributed by atoms with Gasteiger partial charge in [0, 0.05) is 11.5 Å². The van der Waals surface area contributed by atoms with Gasteiger partial charge in [-0.2, -0.15) is 0 Å². The fourth-order valence-electron chi connectivity index (χ4n) is 1.09. The van der Waals surface area contributed by atoms with Crippen molar-refractivity contribution in [3.05, 3.63) is 23.8 Å². The van der Waals surface area contributed by atoms with Crippen LogP contribution in [0, 0.1) is 5.92 Å². The van der Waals surface area contributed by atoms with Gasteiger partial charge in [0.15, 0.2) is 0 Å². The van der Waals surface area contributed by atoms with Crippen LogP contribution in [0.3, 0.4) is 0 Å². The second-order valence-corrected chi connectivity index (χ2v) is 2.48. The average molecular weight is 137 g/mol. The van der Waals surface area contributed by atoms with Gasteiger partial charge in [-0.3, -0.25) is 4.79 Å². The minimum atomic E-state index is -0.295.